The Kier molecular flexibility index (Phi) is 5.37. The first-order valence-electron chi connectivity index (χ1n) is 6.71. The Labute approximate surface area is 134 Å². The van der Waals surface area contributed by atoms with E-state index < -0.39 is 15.9 Å². The first-order chi connectivity index (χ1) is 10.9. The van der Waals surface area contributed by atoms with E-state index in [9.17, 15) is 13.2 Å². The number of nitrogens with zero attached hydrogens (tertiary/aromatic N) is 3. The summed E-state index contributed by atoms with van der Waals surface area (Å²) < 4.78 is 25.2. The number of rotatable bonds is 6. The van der Waals surface area contributed by atoms with Gasteiger partial charge < -0.3 is 0 Å². The Morgan fingerprint density at radius 3 is 2.35 bits per heavy atom. The van der Waals surface area contributed by atoms with Crippen LogP contribution in [0.5, 0.6) is 0 Å². The van der Waals surface area contributed by atoms with Crippen LogP contribution in [0.4, 0.5) is 0 Å². The molecular weight excluding hydrogens is 318 g/mol. The second-order valence-corrected chi connectivity index (χ2v) is 6.85. The summed E-state index contributed by atoms with van der Waals surface area (Å²) in [6.45, 7) is 0.228. The molecule has 0 aliphatic heterocycles. The molecule has 0 saturated heterocycles. The number of carbonyl (C=O) groups is 1. The third-order valence-corrected chi connectivity index (χ3v) is 4.29. The van der Waals surface area contributed by atoms with Crippen molar-refractivity contribution in [1.82, 2.24) is 19.7 Å². The van der Waals surface area contributed by atoms with Crippen LogP contribution in [-0.4, -0.2) is 34.9 Å². The molecule has 0 fully saturated rings. The van der Waals surface area contributed by atoms with Gasteiger partial charge in [0, 0.05) is 12.4 Å². The molecule has 0 spiro atoms. The maximum Gasteiger partial charge on any atom is 0.266 e. The summed E-state index contributed by atoms with van der Waals surface area (Å²) in [7, 11) is -3.44. The average Bonchev–Trinajstić information content (AvgIpc) is 2.54. The van der Waals surface area contributed by atoms with Crippen LogP contribution in [-0.2, 0) is 23.1 Å². The van der Waals surface area contributed by atoms with Crippen molar-refractivity contribution in [3.63, 3.8) is 0 Å². The SMILES string of the molecule is CS(=O)(=O)N(Cc1ccccn1)Cc1ccc(C(=O)NN)cn1. The van der Waals surface area contributed by atoms with Crippen LogP contribution in [0.2, 0.25) is 0 Å². The Morgan fingerprint density at radius 2 is 1.87 bits per heavy atom. The lowest BCUT2D eigenvalue weighted by molar-refractivity contribution is 0.0953. The third-order valence-electron chi connectivity index (χ3n) is 3.09. The second kappa shape index (κ2) is 7.27. The number of hydrogen-bond donors (Lipinski definition) is 2. The fraction of sp³-hybridized carbons (Fsp3) is 0.214. The molecule has 0 saturated carbocycles. The summed E-state index contributed by atoms with van der Waals surface area (Å²) in [4.78, 5) is 19.6. The lowest BCUT2D eigenvalue weighted by Crippen LogP contribution is -2.31. The monoisotopic (exact) mass is 335 g/mol. The number of nitrogens with one attached hydrogen (secondary N) is 1. The van der Waals surface area contributed by atoms with Gasteiger partial charge in [0.15, 0.2) is 0 Å². The summed E-state index contributed by atoms with van der Waals surface area (Å²) >= 11 is 0. The average molecular weight is 335 g/mol. The highest BCUT2D eigenvalue weighted by Crippen LogP contribution is 2.11. The Bertz CT molecular complexity index is 763. The van der Waals surface area contributed by atoms with E-state index in [1.165, 1.54) is 16.6 Å². The smallest absolute Gasteiger partial charge is 0.266 e. The number of hydrogen-bond acceptors (Lipinski definition) is 6. The van der Waals surface area contributed by atoms with E-state index >= 15 is 0 Å². The molecule has 2 rings (SSSR count). The molecule has 0 aliphatic carbocycles. The second-order valence-electron chi connectivity index (χ2n) is 4.86. The van der Waals surface area contributed by atoms with Gasteiger partial charge in [-0.05, 0) is 24.3 Å². The Morgan fingerprint density at radius 1 is 1.17 bits per heavy atom. The van der Waals surface area contributed by atoms with Crippen LogP contribution >= 0.6 is 0 Å². The number of carbonyl (C=O) groups excluding carboxylic acids is 1. The van der Waals surface area contributed by atoms with Crippen LogP contribution in [0.3, 0.4) is 0 Å². The van der Waals surface area contributed by atoms with E-state index in [1.807, 2.05) is 5.43 Å². The third kappa shape index (κ3) is 4.81. The minimum absolute atomic E-state index is 0.0833. The molecule has 23 heavy (non-hydrogen) atoms. The summed E-state index contributed by atoms with van der Waals surface area (Å²) in [6, 6.07) is 8.42. The van der Waals surface area contributed by atoms with Crippen LogP contribution in [0.25, 0.3) is 0 Å². The van der Waals surface area contributed by atoms with Crippen molar-refractivity contribution in [1.29, 1.82) is 0 Å². The molecule has 2 aromatic heterocycles. The largest absolute Gasteiger partial charge is 0.290 e. The van der Waals surface area contributed by atoms with Crippen molar-refractivity contribution in [2.75, 3.05) is 6.26 Å². The predicted molar refractivity (Wildman–Crippen MR) is 84.2 cm³/mol. The fourth-order valence-electron chi connectivity index (χ4n) is 1.88. The molecule has 2 heterocycles. The molecule has 122 valence electrons. The van der Waals surface area contributed by atoms with E-state index in [2.05, 4.69) is 9.97 Å². The summed E-state index contributed by atoms with van der Waals surface area (Å²) in [5.41, 5.74) is 3.45. The van der Waals surface area contributed by atoms with E-state index in [0.717, 1.165) is 6.26 Å². The van der Waals surface area contributed by atoms with E-state index in [-0.39, 0.29) is 13.1 Å². The zero-order valence-corrected chi connectivity index (χ0v) is 13.3. The molecule has 0 aliphatic rings. The molecule has 0 atom stereocenters. The molecule has 8 nitrogen and oxygen atoms in total. The maximum atomic E-state index is 12.0. The molecular formula is C14H17N5O3S. The molecule has 0 radical (unpaired) electrons. The van der Waals surface area contributed by atoms with Crippen molar-refractivity contribution in [2.45, 2.75) is 13.1 Å². The molecule has 0 bridgehead atoms. The van der Waals surface area contributed by atoms with Gasteiger partial charge in [0.2, 0.25) is 10.0 Å². The zero-order valence-electron chi connectivity index (χ0n) is 12.5. The lowest BCUT2D eigenvalue weighted by Gasteiger charge is -2.19. The van der Waals surface area contributed by atoms with Crippen molar-refractivity contribution in [2.24, 2.45) is 5.84 Å². The number of sulfonamides is 1. The number of hydrazine groups is 1. The van der Waals surface area contributed by atoms with Gasteiger partial charge in [-0.1, -0.05) is 6.07 Å². The van der Waals surface area contributed by atoms with Crippen molar-refractivity contribution < 1.29 is 13.2 Å². The van der Waals surface area contributed by atoms with Crippen LogP contribution < -0.4 is 11.3 Å². The fourth-order valence-corrected chi connectivity index (χ4v) is 2.61. The number of nitrogens with two attached hydrogens (primary N) is 1. The molecule has 0 aromatic carbocycles. The van der Waals surface area contributed by atoms with Gasteiger partial charge in [0.05, 0.1) is 36.3 Å². The standard InChI is InChI=1S/C14H17N5O3S/c1-23(21,22)19(9-12-4-2-3-7-16-12)10-13-6-5-11(8-17-13)14(20)18-15/h2-8H,9-10,15H2,1H3,(H,18,20). The molecule has 2 aromatic rings. The first-order valence-corrected chi connectivity index (χ1v) is 8.56. The Balaban J connectivity index is 2.17. The predicted octanol–water partition coefficient (Wildman–Crippen LogP) is 0.0419. The van der Waals surface area contributed by atoms with E-state index in [4.69, 9.17) is 5.84 Å². The highest BCUT2D eigenvalue weighted by Gasteiger charge is 2.19. The van der Waals surface area contributed by atoms with Gasteiger partial charge in [0.1, 0.15) is 0 Å². The minimum atomic E-state index is -3.44. The normalized spacial score (nSPS) is 11.4. The molecule has 1 amide bonds. The summed E-state index contributed by atoms with van der Waals surface area (Å²) in [5.74, 6) is 4.58. The number of nitrogen functional groups attached to an aromatic ring is 1. The van der Waals surface area contributed by atoms with Gasteiger partial charge >= 0.3 is 0 Å². The number of pyridine rings is 2. The zero-order chi connectivity index (χ0) is 16.9. The van der Waals surface area contributed by atoms with Crippen molar-refractivity contribution in [3.05, 3.63) is 59.7 Å². The number of aromatic nitrogens is 2. The van der Waals surface area contributed by atoms with Crippen LogP contribution in [0, 0.1) is 0 Å². The van der Waals surface area contributed by atoms with E-state index in [0.29, 0.717) is 17.0 Å². The summed E-state index contributed by atoms with van der Waals surface area (Å²) in [5, 5.41) is 0. The molecule has 3 N–H and O–H groups in total. The first kappa shape index (κ1) is 17.0. The highest BCUT2D eigenvalue weighted by atomic mass is 32.2. The lowest BCUT2D eigenvalue weighted by atomic mass is 10.2. The van der Waals surface area contributed by atoms with Crippen LogP contribution in [0.1, 0.15) is 21.7 Å². The summed E-state index contributed by atoms with van der Waals surface area (Å²) in [6.07, 6.45) is 4.08. The van der Waals surface area contributed by atoms with Gasteiger partial charge in [-0.3, -0.25) is 20.2 Å². The maximum absolute atomic E-state index is 12.0. The molecule has 0 unspecified atom stereocenters. The van der Waals surface area contributed by atoms with Gasteiger partial charge in [0.25, 0.3) is 5.91 Å². The van der Waals surface area contributed by atoms with Crippen molar-refractivity contribution >= 4 is 15.9 Å². The topological polar surface area (TPSA) is 118 Å². The van der Waals surface area contributed by atoms with Gasteiger partial charge in [-0.25, -0.2) is 14.3 Å². The minimum Gasteiger partial charge on any atom is -0.290 e. The number of amides is 1. The quantitative estimate of drug-likeness (QED) is 0.437. The van der Waals surface area contributed by atoms with Crippen molar-refractivity contribution in [3.8, 4) is 0 Å². The van der Waals surface area contributed by atoms with E-state index in [1.54, 1.807) is 30.5 Å². The molecule has 9 heteroatoms. The van der Waals surface area contributed by atoms with Gasteiger partial charge in [-0.2, -0.15) is 4.31 Å². The highest BCUT2D eigenvalue weighted by molar-refractivity contribution is 7.88. The van der Waals surface area contributed by atoms with Gasteiger partial charge in [-0.15, -0.1) is 0 Å². The van der Waals surface area contributed by atoms with Crippen LogP contribution in [0.15, 0.2) is 42.7 Å². The Hall–Kier alpha value is -2.36.